The first-order valence-electron chi connectivity index (χ1n) is 12.6. The average Bonchev–Trinajstić information content (AvgIpc) is 3.66. The molecule has 6 nitrogen and oxygen atoms in total. The highest BCUT2D eigenvalue weighted by Gasteiger charge is 2.47. The SMILES string of the molecule is CC(C)(C)OC(=O)N(CC1CC1)[C@@H]1C[C@H]1c1cccc(C(=O)NC2CCN(CC(F)(F)F)CC2)c1. The van der Waals surface area contributed by atoms with Gasteiger partial charge in [-0.25, -0.2) is 4.79 Å². The lowest BCUT2D eigenvalue weighted by Crippen LogP contribution is -2.47. The van der Waals surface area contributed by atoms with Crippen molar-refractivity contribution in [2.45, 2.75) is 82.7 Å². The van der Waals surface area contributed by atoms with E-state index in [1.54, 1.807) is 6.07 Å². The minimum Gasteiger partial charge on any atom is -0.444 e. The maximum atomic E-state index is 12.9. The molecule has 1 aromatic rings. The highest BCUT2D eigenvalue weighted by molar-refractivity contribution is 5.94. The molecule has 1 heterocycles. The molecule has 1 aliphatic heterocycles. The topological polar surface area (TPSA) is 61.9 Å². The van der Waals surface area contributed by atoms with Gasteiger partial charge in [0.15, 0.2) is 0 Å². The van der Waals surface area contributed by atoms with Crippen LogP contribution in [0.1, 0.15) is 74.7 Å². The second-order valence-electron chi connectivity index (χ2n) is 11.3. The van der Waals surface area contributed by atoms with Crippen LogP contribution in [-0.4, -0.2) is 71.8 Å². The molecule has 194 valence electrons. The van der Waals surface area contributed by atoms with Gasteiger partial charge in [-0.1, -0.05) is 12.1 Å². The Morgan fingerprint density at radius 1 is 1.11 bits per heavy atom. The Hall–Kier alpha value is -2.29. The summed E-state index contributed by atoms with van der Waals surface area (Å²) in [6.45, 7) is 6.04. The van der Waals surface area contributed by atoms with Crippen molar-refractivity contribution in [2.24, 2.45) is 5.92 Å². The van der Waals surface area contributed by atoms with Crippen molar-refractivity contribution in [3.05, 3.63) is 35.4 Å². The molecule has 35 heavy (non-hydrogen) atoms. The van der Waals surface area contributed by atoms with Gasteiger partial charge < -0.3 is 15.0 Å². The summed E-state index contributed by atoms with van der Waals surface area (Å²) in [4.78, 5) is 29.0. The van der Waals surface area contributed by atoms with Gasteiger partial charge in [0.05, 0.1) is 6.54 Å². The molecule has 2 saturated carbocycles. The summed E-state index contributed by atoms with van der Waals surface area (Å²) in [6, 6.07) is 7.41. The van der Waals surface area contributed by atoms with Crippen LogP contribution in [0.15, 0.2) is 24.3 Å². The van der Waals surface area contributed by atoms with E-state index >= 15 is 0 Å². The van der Waals surface area contributed by atoms with E-state index in [-0.39, 0.29) is 30.0 Å². The molecule has 0 radical (unpaired) electrons. The molecular weight excluding hydrogens is 459 g/mol. The number of rotatable bonds is 7. The van der Waals surface area contributed by atoms with Crippen LogP contribution in [0, 0.1) is 5.92 Å². The predicted molar refractivity (Wildman–Crippen MR) is 126 cm³/mol. The predicted octanol–water partition coefficient (Wildman–Crippen LogP) is 4.95. The molecule has 1 saturated heterocycles. The first-order valence-corrected chi connectivity index (χ1v) is 12.6. The van der Waals surface area contributed by atoms with Gasteiger partial charge in [-0.2, -0.15) is 13.2 Å². The Bertz CT molecular complexity index is 918. The number of amides is 2. The smallest absolute Gasteiger partial charge is 0.410 e. The van der Waals surface area contributed by atoms with Gasteiger partial charge in [0.25, 0.3) is 5.91 Å². The summed E-state index contributed by atoms with van der Waals surface area (Å²) in [5.41, 5.74) is 1.01. The number of hydrogen-bond acceptors (Lipinski definition) is 4. The number of nitrogens with zero attached hydrogens (tertiary/aromatic N) is 2. The van der Waals surface area contributed by atoms with Gasteiger partial charge in [0.1, 0.15) is 5.60 Å². The Balaban J connectivity index is 1.33. The van der Waals surface area contributed by atoms with E-state index in [1.807, 2.05) is 43.9 Å². The minimum atomic E-state index is -4.20. The number of halogens is 3. The number of benzene rings is 1. The maximum absolute atomic E-state index is 12.9. The molecule has 4 rings (SSSR count). The van der Waals surface area contributed by atoms with Crippen molar-refractivity contribution in [1.82, 2.24) is 15.1 Å². The third-order valence-corrected chi connectivity index (χ3v) is 6.84. The zero-order valence-corrected chi connectivity index (χ0v) is 20.7. The van der Waals surface area contributed by atoms with E-state index < -0.39 is 18.3 Å². The third-order valence-electron chi connectivity index (χ3n) is 6.84. The molecule has 2 aliphatic carbocycles. The lowest BCUT2D eigenvalue weighted by molar-refractivity contribution is -0.148. The molecule has 2 amide bonds. The number of alkyl halides is 3. The zero-order chi connectivity index (χ0) is 25.4. The lowest BCUT2D eigenvalue weighted by Gasteiger charge is -2.32. The number of likely N-dealkylation sites (tertiary alicyclic amines) is 1. The molecule has 1 aromatic carbocycles. The molecular formula is C26H36F3N3O3. The summed E-state index contributed by atoms with van der Waals surface area (Å²) in [5.74, 6) is 0.503. The largest absolute Gasteiger partial charge is 0.444 e. The standard InChI is InChI=1S/C26H36F3N3O3/c1-25(2,3)35-24(34)32(15-17-7-8-17)22-14-21(22)18-5-4-6-19(13-18)23(33)30-20-9-11-31(12-10-20)16-26(27,28)29/h4-6,13,17,20-22H,7-12,14-16H2,1-3H3,(H,30,33)/t21-,22+/m0/s1. The van der Waals surface area contributed by atoms with E-state index in [0.717, 1.165) is 24.8 Å². The van der Waals surface area contributed by atoms with Gasteiger partial charge in [-0.15, -0.1) is 0 Å². The number of carbonyl (C=O) groups is 2. The highest BCUT2D eigenvalue weighted by atomic mass is 19.4. The van der Waals surface area contributed by atoms with E-state index in [1.165, 1.54) is 4.90 Å². The number of nitrogens with one attached hydrogen (secondary N) is 1. The van der Waals surface area contributed by atoms with E-state index in [2.05, 4.69) is 5.32 Å². The van der Waals surface area contributed by atoms with Gasteiger partial charge >= 0.3 is 12.3 Å². The molecule has 3 aliphatic rings. The molecule has 3 fully saturated rings. The van der Waals surface area contributed by atoms with Crippen molar-refractivity contribution in [3.8, 4) is 0 Å². The van der Waals surface area contributed by atoms with Crippen molar-refractivity contribution >= 4 is 12.0 Å². The molecule has 0 bridgehead atoms. The third kappa shape index (κ3) is 7.59. The first-order chi connectivity index (χ1) is 16.4. The number of carbonyl (C=O) groups excluding carboxylic acids is 2. The normalized spacial score (nSPS) is 23.6. The van der Waals surface area contributed by atoms with Crippen LogP contribution in [0.5, 0.6) is 0 Å². The second-order valence-corrected chi connectivity index (χ2v) is 11.3. The Kier molecular flexibility index (Phi) is 7.36. The van der Waals surface area contributed by atoms with Crippen molar-refractivity contribution in [3.63, 3.8) is 0 Å². The van der Waals surface area contributed by atoms with E-state index in [9.17, 15) is 22.8 Å². The van der Waals surface area contributed by atoms with Gasteiger partial charge in [0.2, 0.25) is 0 Å². The van der Waals surface area contributed by atoms with Crippen LogP contribution in [0.3, 0.4) is 0 Å². The Morgan fingerprint density at radius 3 is 2.40 bits per heavy atom. The molecule has 0 aromatic heterocycles. The second kappa shape index (κ2) is 9.99. The van der Waals surface area contributed by atoms with Crippen LogP contribution >= 0.6 is 0 Å². The molecule has 9 heteroatoms. The quantitative estimate of drug-likeness (QED) is 0.582. The fourth-order valence-corrected chi connectivity index (χ4v) is 4.80. The van der Waals surface area contributed by atoms with Gasteiger partial charge in [-0.05, 0) is 76.5 Å². The monoisotopic (exact) mass is 495 g/mol. The fourth-order valence-electron chi connectivity index (χ4n) is 4.80. The van der Waals surface area contributed by atoms with Crippen molar-refractivity contribution in [1.29, 1.82) is 0 Å². The van der Waals surface area contributed by atoms with Crippen LogP contribution in [0.25, 0.3) is 0 Å². The molecule has 0 unspecified atom stereocenters. The summed E-state index contributed by atoms with van der Waals surface area (Å²) in [7, 11) is 0. The molecule has 2 atom stereocenters. The number of ether oxygens (including phenoxy) is 1. The van der Waals surface area contributed by atoms with Crippen molar-refractivity contribution in [2.75, 3.05) is 26.2 Å². The van der Waals surface area contributed by atoms with Gasteiger partial charge in [0, 0.05) is 43.2 Å². The number of piperidine rings is 1. The summed E-state index contributed by atoms with van der Waals surface area (Å²) in [5, 5.41) is 2.99. The van der Waals surface area contributed by atoms with Crippen LogP contribution in [0.2, 0.25) is 0 Å². The summed E-state index contributed by atoms with van der Waals surface area (Å²) < 4.78 is 43.4. The van der Waals surface area contributed by atoms with E-state index in [0.29, 0.717) is 44.0 Å². The fraction of sp³-hybridized carbons (Fsp3) is 0.692. The molecule has 0 spiro atoms. The average molecular weight is 496 g/mol. The van der Waals surface area contributed by atoms with Crippen LogP contribution < -0.4 is 5.32 Å². The summed E-state index contributed by atoms with van der Waals surface area (Å²) >= 11 is 0. The van der Waals surface area contributed by atoms with Gasteiger partial charge in [-0.3, -0.25) is 9.69 Å². The summed E-state index contributed by atoms with van der Waals surface area (Å²) in [6.07, 6.45) is -0.356. The minimum absolute atomic E-state index is 0.0710. The highest BCUT2D eigenvalue weighted by Crippen LogP contribution is 2.47. The number of hydrogen-bond donors (Lipinski definition) is 1. The zero-order valence-electron chi connectivity index (χ0n) is 20.7. The van der Waals surface area contributed by atoms with E-state index in [4.69, 9.17) is 4.74 Å². The Morgan fingerprint density at radius 2 is 1.80 bits per heavy atom. The Labute approximate surface area is 205 Å². The lowest BCUT2D eigenvalue weighted by atomic mass is 10.0. The maximum Gasteiger partial charge on any atom is 0.410 e. The molecule has 1 N–H and O–H groups in total. The van der Waals surface area contributed by atoms with Crippen LogP contribution in [0.4, 0.5) is 18.0 Å². The first kappa shape index (κ1) is 25.8. The van der Waals surface area contributed by atoms with Crippen molar-refractivity contribution < 1.29 is 27.5 Å². The van der Waals surface area contributed by atoms with Crippen LogP contribution in [-0.2, 0) is 4.74 Å².